The SMILES string of the molecule is CNc1ncc(C)c(Oc2cc(C)ccc2C)n1. The van der Waals surface area contributed by atoms with E-state index in [-0.39, 0.29) is 0 Å². The lowest BCUT2D eigenvalue weighted by molar-refractivity contribution is 0.454. The number of ether oxygens (including phenoxy) is 1. The quantitative estimate of drug-likeness (QED) is 0.899. The molecule has 0 amide bonds. The monoisotopic (exact) mass is 243 g/mol. The van der Waals surface area contributed by atoms with E-state index in [2.05, 4.69) is 21.4 Å². The maximum atomic E-state index is 5.87. The third-order valence-corrected chi connectivity index (χ3v) is 2.70. The number of hydrogen-bond donors (Lipinski definition) is 1. The van der Waals surface area contributed by atoms with Crippen LogP contribution in [-0.2, 0) is 0 Å². The molecule has 1 N–H and O–H groups in total. The Kier molecular flexibility index (Phi) is 3.46. The smallest absolute Gasteiger partial charge is 0.226 e. The normalized spacial score (nSPS) is 10.2. The Morgan fingerprint density at radius 1 is 1.11 bits per heavy atom. The lowest BCUT2D eigenvalue weighted by Crippen LogP contribution is -2.00. The van der Waals surface area contributed by atoms with Crippen LogP contribution in [0.5, 0.6) is 11.6 Å². The number of aromatic nitrogens is 2. The summed E-state index contributed by atoms with van der Waals surface area (Å²) in [6.45, 7) is 5.99. The zero-order valence-corrected chi connectivity index (χ0v) is 11.1. The first-order chi connectivity index (χ1) is 8.60. The van der Waals surface area contributed by atoms with Crippen LogP contribution < -0.4 is 10.1 Å². The van der Waals surface area contributed by atoms with Crippen LogP contribution in [0.3, 0.4) is 0 Å². The van der Waals surface area contributed by atoms with Crippen molar-refractivity contribution < 1.29 is 4.74 Å². The van der Waals surface area contributed by atoms with Gasteiger partial charge in [0, 0.05) is 18.8 Å². The van der Waals surface area contributed by atoms with Gasteiger partial charge in [-0.1, -0.05) is 12.1 Å². The van der Waals surface area contributed by atoms with E-state index in [1.165, 1.54) is 0 Å². The predicted octanol–water partition coefficient (Wildman–Crippen LogP) is 3.24. The number of hydrogen-bond acceptors (Lipinski definition) is 4. The average molecular weight is 243 g/mol. The van der Waals surface area contributed by atoms with Crippen molar-refractivity contribution in [2.75, 3.05) is 12.4 Å². The number of benzene rings is 1. The molecule has 1 aromatic heterocycles. The van der Waals surface area contributed by atoms with Crippen molar-refractivity contribution in [2.24, 2.45) is 0 Å². The Morgan fingerprint density at radius 3 is 2.61 bits per heavy atom. The van der Waals surface area contributed by atoms with E-state index >= 15 is 0 Å². The van der Waals surface area contributed by atoms with Gasteiger partial charge in [-0.15, -0.1) is 0 Å². The molecule has 2 rings (SSSR count). The lowest BCUT2D eigenvalue weighted by Gasteiger charge is -2.11. The highest BCUT2D eigenvalue weighted by Crippen LogP contribution is 2.27. The summed E-state index contributed by atoms with van der Waals surface area (Å²) in [5.74, 6) is 1.97. The minimum atomic E-state index is 0.556. The first-order valence-electron chi connectivity index (χ1n) is 5.86. The van der Waals surface area contributed by atoms with Crippen LogP contribution in [0.25, 0.3) is 0 Å². The van der Waals surface area contributed by atoms with Gasteiger partial charge in [-0.25, -0.2) is 4.98 Å². The van der Waals surface area contributed by atoms with Crippen molar-refractivity contribution in [1.29, 1.82) is 0 Å². The summed E-state index contributed by atoms with van der Waals surface area (Å²) in [5, 5.41) is 2.90. The maximum absolute atomic E-state index is 5.87. The summed E-state index contributed by atoms with van der Waals surface area (Å²) in [4.78, 5) is 8.45. The number of nitrogens with one attached hydrogen (secondary N) is 1. The molecule has 4 nitrogen and oxygen atoms in total. The first kappa shape index (κ1) is 12.4. The summed E-state index contributed by atoms with van der Waals surface area (Å²) < 4.78 is 5.87. The molecular formula is C14H17N3O. The fourth-order valence-electron chi connectivity index (χ4n) is 1.57. The number of nitrogens with zero attached hydrogens (tertiary/aromatic N) is 2. The molecule has 0 radical (unpaired) electrons. The summed E-state index contributed by atoms with van der Waals surface area (Å²) in [6, 6.07) is 6.12. The standard InChI is InChI=1S/C14H17N3O/c1-9-5-6-10(2)12(7-9)18-13-11(3)8-16-14(15-4)17-13/h5-8H,1-4H3,(H,15,16,17). The zero-order valence-electron chi connectivity index (χ0n) is 11.1. The van der Waals surface area contributed by atoms with Crippen LogP contribution >= 0.6 is 0 Å². The maximum Gasteiger partial charge on any atom is 0.226 e. The van der Waals surface area contributed by atoms with Crippen molar-refractivity contribution in [3.8, 4) is 11.6 Å². The third kappa shape index (κ3) is 2.59. The van der Waals surface area contributed by atoms with Crippen LogP contribution in [0.15, 0.2) is 24.4 Å². The van der Waals surface area contributed by atoms with Gasteiger partial charge >= 0.3 is 0 Å². The highest BCUT2D eigenvalue weighted by atomic mass is 16.5. The van der Waals surface area contributed by atoms with E-state index in [4.69, 9.17) is 4.74 Å². The summed E-state index contributed by atoms with van der Waals surface area (Å²) in [6.07, 6.45) is 1.75. The molecule has 4 heteroatoms. The van der Waals surface area contributed by atoms with Gasteiger partial charge in [0.2, 0.25) is 11.8 Å². The van der Waals surface area contributed by atoms with Crippen LogP contribution in [0.2, 0.25) is 0 Å². The Hall–Kier alpha value is -2.10. The predicted molar refractivity (Wildman–Crippen MR) is 72.3 cm³/mol. The Labute approximate surface area is 107 Å². The van der Waals surface area contributed by atoms with Gasteiger partial charge in [0.15, 0.2) is 0 Å². The Morgan fingerprint density at radius 2 is 1.89 bits per heavy atom. The van der Waals surface area contributed by atoms with Gasteiger partial charge in [-0.3, -0.25) is 0 Å². The summed E-state index contributed by atoms with van der Waals surface area (Å²) in [5.41, 5.74) is 3.16. The van der Waals surface area contributed by atoms with E-state index in [9.17, 15) is 0 Å². The third-order valence-electron chi connectivity index (χ3n) is 2.70. The number of anilines is 1. The van der Waals surface area contributed by atoms with Crippen molar-refractivity contribution in [3.05, 3.63) is 41.1 Å². The van der Waals surface area contributed by atoms with Gasteiger partial charge in [-0.05, 0) is 38.0 Å². The van der Waals surface area contributed by atoms with Gasteiger partial charge in [0.1, 0.15) is 5.75 Å². The molecule has 0 spiro atoms. The molecule has 0 saturated heterocycles. The van der Waals surface area contributed by atoms with Crippen molar-refractivity contribution in [3.63, 3.8) is 0 Å². The second-order valence-corrected chi connectivity index (χ2v) is 4.30. The highest BCUT2D eigenvalue weighted by molar-refractivity contribution is 5.41. The molecule has 0 atom stereocenters. The summed E-state index contributed by atoms with van der Waals surface area (Å²) in [7, 11) is 1.78. The number of aryl methyl sites for hydroxylation is 3. The van der Waals surface area contributed by atoms with Gasteiger partial charge < -0.3 is 10.1 Å². The fourth-order valence-corrected chi connectivity index (χ4v) is 1.57. The van der Waals surface area contributed by atoms with E-state index in [0.717, 1.165) is 22.4 Å². The van der Waals surface area contributed by atoms with Crippen LogP contribution in [0.1, 0.15) is 16.7 Å². The molecular weight excluding hydrogens is 226 g/mol. The molecule has 0 aliphatic heterocycles. The van der Waals surface area contributed by atoms with Crippen LogP contribution in [-0.4, -0.2) is 17.0 Å². The second-order valence-electron chi connectivity index (χ2n) is 4.30. The van der Waals surface area contributed by atoms with E-state index in [1.54, 1.807) is 13.2 Å². The fraction of sp³-hybridized carbons (Fsp3) is 0.286. The Balaban J connectivity index is 2.36. The van der Waals surface area contributed by atoms with E-state index in [0.29, 0.717) is 11.8 Å². The first-order valence-corrected chi connectivity index (χ1v) is 5.86. The van der Waals surface area contributed by atoms with Crippen LogP contribution in [0, 0.1) is 20.8 Å². The molecule has 1 aromatic carbocycles. The van der Waals surface area contributed by atoms with E-state index < -0.39 is 0 Å². The van der Waals surface area contributed by atoms with Crippen LogP contribution in [0.4, 0.5) is 5.95 Å². The lowest BCUT2D eigenvalue weighted by atomic mass is 10.1. The molecule has 2 aromatic rings. The van der Waals surface area contributed by atoms with Crippen molar-refractivity contribution >= 4 is 5.95 Å². The minimum Gasteiger partial charge on any atom is -0.438 e. The Bertz CT molecular complexity index is 567. The molecule has 0 saturated carbocycles. The minimum absolute atomic E-state index is 0.556. The molecule has 0 aliphatic carbocycles. The number of rotatable bonds is 3. The van der Waals surface area contributed by atoms with Crippen molar-refractivity contribution in [2.45, 2.75) is 20.8 Å². The largest absolute Gasteiger partial charge is 0.438 e. The molecule has 0 fully saturated rings. The molecule has 0 unspecified atom stereocenters. The highest BCUT2D eigenvalue weighted by Gasteiger charge is 2.07. The molecule has 1 heterocycles. The second kappa shape index (κ2) is 5.04. The zero-order chi connectivity index (χ0) is 13.1. The molecule has 94 valence electrons. The van der Waals surface area contributed by atoms with E-state index in [1.807, 2.05) is 32.9 Å². The molecule has 18 heavy (non-hydrogen) atoms. The van der Waals surface area contributed by atoms with Gasteiger partial charge in [-0.2, -0.15) is 4.98 Å². The van der Waals surface area contributed by atoms with Gasteiger partial charge in [0.25, 0.3) is 0 Å². The molecule has 0 bridgehead atoms. The topological polar surface area (TPSA) is 47.0 Å². The van der Waals surface area contributed by atoms with Crippen molar-refractivity contribution in [1.82, 2.24) is 9.97 Å². The summed E-state index contributed by atoms with van der Waals surface area (Å²) >= 11 is 0. The molecule has 0 aliphatic rings. The van der Waals surface area contributed by atoms with Gasteiger partial charge in [0.05, 0.1) is 0 Å². The average Bonchev–Trinajstić information content (AvgIpc) is 2.36.